The highest BCUT2D eigenvalue weighted by molar-refractivity contribution is 5.55. The molecule has 80 valence electrons. The molecule has 0 unspecified atom stereocenters. The zero-order valence-electron chi connectivity index (χ0n) is 9.08. The van der Waals surface area contributed by atoms with Crippen LogP contribution in [0.15, 0.2) is 12.1 Å². The largest absolute Gasteiger partial charge is 0.383 e. The number of pyridine rings is 1. The molecule has 4 heteroatoms. The molecular formula is C11H14FN3. The maximum absolute atomic E-state index is 13.3. The number of nitrogens with two attached hydrogens (primary N) is 1. The molecule has 0 fully saturated rings. The van der Waals surface area contributed by atoms with Gasteiger partial charge in [-0.05, 0) is 25.0 Å². The van der Waals surface area contributed by atoms with Crippen LogP contribution in [0.5, 0.6) is 0 Å². The third-order valence-electron chi connectivity index (χ3n) is 2.57. The molecule has 0 radical (unpaired) electrons. The number of nitrogens with zero attached hydrogens (tertiary/aromatic N) is 2. The Hall–Kier alpha value is -1.58. The average Bonchev–Trinajstić information content (AvgIpc) is 2.50. The number of halogens is 1. The predicted octanol–water partition coefficient (Wildman–Crippen LogP) is 2.49. The van der Waals surface area contributed by atoms with Gasteiger partial charge in [-0.3, -0.25) is 4.40 Å². The molecule has 0 amide bonds. The van der Waals surface area contributed by atoms with Gasteiger partial charge < -0.3 is 5.73 Å². The van der Waals surface area contributed by atoms with Crippen molar-refractivity contribution in [3.05, 3.63) is 29.3 Å². The Labute approximate surface area is 87.7 Å². The van der Waals surface area contributed by atoms with Gasteiger partial charge in [-0.2, -0.15) is 0 Å². The molecule has 3 nitrogen and oxygen atoms in total. The molecule has 0 bridgehead atoms. The number of anilines is 1. The number of hydrogen-bond acceptors (Lipinski definition) is 2. The Morgan fingerprint density at radius 1 is 1.40 bits per heavy atom. The summed E-state index contributed by atoms with van der Waals surface area (Å²) >= 11 is 0. The highest BCUT2D eigenvalue weighted by Gasteiger charge is 2.14. The number of aromatic nitrogens is 2. The zero-order chi connectivity index (χ0) is 11.2. The van der Waals surface area contributed by atoms with E-state index in [2.05, 4.69) is 4.98 Å². The van der Waals surface area contributed by atoms with Crippen LogP contribution in [-0.2, 0) is 0 Å². The van der Waals surface area contributed by atoms with Crippen molar-refractivity contribution in [2.75, 3.05) is 5.73 Å². The molecule has 15 heavy (non-hydrogen) atoms. The number of rotatable bonds is 1. The van der Waals surface area contributed by atoms with E-state index in [-0.39, 0.29) is 11.7 Å². The van der Waals surface area contributed by atoms with E-state index in [4.69, 9.17) is 5.73 Å². The van der Waals surface area contributed by atoms with Crippen molar-refractivity contribution in [1.29, 1.82) is 0 Å². The fourth-order valence-corrected chi connectivity index (χ4v) is 1.73. The van der Waals surface area contributed by atoms with Crippen LogP contribution in [0.4, 0.5) is 10.2 Å². The van der Waals surface area contributed by atoms with Gasteiger partial charge in [0.05, 0.1) is 11.4 Å². The minimum atomic E-state index is -0.262. The van der Waals surface area contributed by atoms with Gasteiger partial charge in [0.15, 0.2) is 0 Å². The number of fused-ring (bicyclic) bond motifs is 1. The molecular weight excluding hydrogens is 193 g/mol. The van der Waals surface area contributed by atoms with Crippen LogP contribution in [0.1, 0.15) is 31.2 Å². The van der Waals surface area contributed by atoms with E-state index in [1.807, 2.05) is 13.8 Å². The molecule has 0 aliphatic carbocycles. The van der Waals surface area contributed by atoms with Gasteiger partial charge in [0.1, 0.15) is 17.3 Å². The normalized spacial score (nSPS) is 11.5. The van der Waals surface area contributed by atoms with Gasteiger partial charge in [0.25, 0.3) is 0 Å². The second kappa shape index (κ2) is 3.22. The number of aryl methyl sites for hydroxylation is 1. The van der Waals surface area contributed by atoms with Gasteiger partial charge >= 0.3 is 0 Å². The fourth-order valence-electron chi connectivity index (χ4n) is 1.73. The van der Waals surface area contributed by atoms with Crippen LogP contribution in [0, 0.1) is 12.7 Å². The first-order chi connectivity index (χ1) is 7.02. The second-order valence-corrected chi connectivity index (χ2v) is 4.00. The van der Waals surface area contributed by atoms with Crippen LogP contribution in [-0.4, -0.2) is 9.38 Å². The molecule has 0 saturated carbocycles. The van der Waals surface area contributed by atoms with Gasteiger partial charge in [0.2, 0.25) is 0 Å². The van der Waals surface area contributed by atoms with Gasteiger partial charge in [-0.25, -0.2) is 9.37 Å². The number of imidazole rings is 1. The summed E-state index contributed by atoms with van der Waals surface area (Å²) in [6, 6.07) is 3.06. The number of hydrogen-bond donors (Lipinski definition) is 1. The van der Waals surface area contributed by atoms with Crippen LogP contribution >= 0.6 is 0 Å². The average molecular weight is 207 g/mol. The Morgan fingerprint density at radius 2 is 2.07 bits per heavy atom. The second-order valence-electron chi connectivity index (χ2n) is 4.00. The summed E-state index contributed by atoms with van der Waals surface area (Å²) in [7, 11) is 0. The molecule has 2 heterocycles. The first kappa shape index (κ1) is 9.96. The summed E-state index contributed by atoms with van der Waals surface area (Å²) in [5.74, 6) is 0.520. The topological polar surface area (TPSA) is 43.3 Å². The summed E-state index contributed by atoms with van der Waals surface area (Å²) in [6.07, 6.45) is 0. The van der Waals surface area contributed by atoms with Crippen molar-refractivity contribution in [2.24, 2.45) is 0 Å². The van der Waals surface area contributed by atoms with E-state index >= 15 is 0 Å². The lowest BCUT2D eigenvalue weighted by atomic mass is 10.1. The van der Waals surface area contributed by atoms with Crippen molar-refractivity contribution >= 4 is 11.5 Å². The third kappa shape index (κ3) is 1.37. The summed E-state index contributed by atoms with van der Waals surface area (Å²) in [5.41, 5.74) is 7.97. The Kier molecular flexibility index (Phi) is 2.14. The fraction of sp³-hybridized carbons (Fsp3) is 0.364. The minimum absolute atomic E-state index is 0.243. The lowest BCUT2D eigenvalue weighted by Gasteiger charge is -2.04. The van der Waals surface area contributed by atoms with Crippen LogP contribution in [0.2, 0.25) is 0 Å². The standard InChI is InChI=1S/C11H14FN3/c1-6(2)10-11(13)15-7(3)8(12)4-5-9(15)14-10/h4-6H,13H2,1-3H3. The summed E-state index contributed by atoms with van der Waals surface area (Å²) in [4.78, 5) is 4.38. The van der Waals surface area contributed by atoms with Gasteiger partial charge in [-0.15, -0.1) is 0 Å². The SMILES string of the molecule is Cc1c(F)ccc2nc(C(C)C)c(N)n12. The Morgan fingerprint density at radius 3 is 2.67 bits per heavy atom. The summed E-state index contributed by atoms with van der Waals surface area (Å²) in [5, 5.41) is 0. The molecule has 0 saturated heterocycles. The maximum atomic E-state index is 13.3. The lowest BCUT2D eigenvalue weighted by molar-refractivity contribution is 0.607. The van der Waals surface area contributed by atoms with Crippen molar-refractivity contribution < 1.29 is 4.39 Å². The van der Waals surface area contributed by atoms with Crippen molar-refractivity contribution in [1.82, 2.24) is 9.38 Å². The van der Waals surface area contributed by atoms with Crippen molar-refractivity contribution in [2.45, 2.75) is 26.7 Å². The van der Waals surface area contributed by atoms with Crippen LogP contribution in [0.3, 0.4) is 0 Å². The smallest absolute Gasteiger partial charge is 0.142 e. The van der Waals surface area contributed by atoms with Gasteiger partial charge in [0, 0.05) is 0 Å². The van der Waals surface area contributed by atoms with E-state index in [1.165, 1.54) is 6.07 Å². The quantitative estimate of drug-likeness (QED) is 0.780. The lowest BCUT2D eigenvalue weighted by Crippen LogP contribution is -2.01. The first-order valence-corrected chi connectivity index (χ1v) is 4.95. The molecule has 2 N–H and O–H groups in total. The highest BCUT2D eigenvalue weighted by atomic mass is 19.1. The zero-order valence-corrected chi connectivity index (χ0v) is 9.08. The molecule has 2 rings (SSSR count). The third-order valence-corrected chi connectivity index (χ3v) is 2.57. The van der Waals surface area contributed by atoms with Crippen molar-refractivity contribution in [3.8, 4) is 0 Å². The van der Waals surface area contributed by atoms with Crippen LogP contribution in [0.25, 0.3) is 5.65 Å². The minimum Gasteiger partial charge on any atom is -0.383 e. The van der Waals surface area contributed by atoms with E-state index in [1.54, 1.807) is 17.4 Å². The van der Waals surface area contributed by atoms with E-state index < -0.39 is 0 Å². The first-order valence-electron chi connectivity index (χ1n) is 4.95. The predicted molar refractivity (Wildman–Crippen MR) is 58.4 cm³/mol. The van der Waals surface area contributed by atoms with E-state index in [0.29, 0.717) is 17.2 Å². The number of nitrogen functional groups attached to an aromatic ring is 1. The molecule has 0 aromatic carbocycles. The molecule has 0 atom stereocenters. The molecule has 0 aliphatic rings. The molecule has 2 aromatic heterocycles. The van der Waals surface area contributed by atoms with Crippen molar-refractivity contribution in [3.63, 3.8) is 0 Å². The maximum Gasteiger partial charge on any atom is 0.142 e. The Balaban J connectivity index is 2.83. The van der Waals surface area contributed by atoms with E-state index in [9.17, 15) is 4.39 Å². The monoisotopic (exact) mass is 207 g/mol. The summed E-state index contributed by atoms with van der Waals surface area (Å²) < 4.78 is 15.0. The highest BCUT2D eigenvalue weighted by Crippen LogP contribution is 2.24. The Bertz CT molecular complexity index is 514. The summed E-state index contributed by atoms with van der Waals surface area (Å²) in [6.45, 7) is 5.73. The van der Waals surface area contributed by atoms with Crippen LogP contribution < -0.4 is 5.73 Å². The van der Waals surface area contributed by atoms with Gasteiger partial charge in [-0.1, -0.05) is 13.8 Å². The molecule has 2 aromatic rings. The molecule has 0 spiro atoms. The van der Waals surface area contributed by atoms with E-state index in [0.717, 1.165) is 5.69 Å². The molecule has 0 aliphatic heterocycles.